The highest BCUT2D eigenvalue weighted by Crippen LogP contribution is 2.32. The molecule has 23 heavy (non-hydrogen) atoms. The van der Waals surface area contributed by atoms with E-state index in [1.807, 2.05) is 0 Å². The van der Waals surface area contributed by atoms with Crippen LogP contribution in [-0.4, -0.2) is 48.2 Å². The number of aliphatic hydroxyl groups excluding tert-OH is 1. The first-order chi connectivity index (χ1) is 11.1. The van der Waals surface area contributed by atoms with Gasteiger partial charge in [-0.05, 0) is 38.5 Å². The summed E-state index contributed by atoms with van der Waals surface area (Å²) in [7, 11) is 0. The van der Waals surface area contributed by atoms with Crippen molar-refractivity contribution >= 4 is 11.9 Å². The molecule has 0 aromatic heterocycles. The van der Waals surface area contributed by atoms with Gasteiger partial charge in [-0.2, -0.15) is 0 Å². The first kappa shape index (κ1) is 19.9. The molecule has 0 unspecified atom stereocenters. The molecule has 1 aliphatic rings. The van der Waals surface area contributed by atoms with E-state index in [2.05, 4.69) is 6.92 Å². The van der Waals surface area contributed by atoms with Gasteiger partial charge in [-0.3, -0.25) is 9.59 Å². The predicted molar refractivity (Wildman–Crippen MR) is 89.9 cm³/mol. The summed E-state index contributed by atoms with van der Waals surface area (Å²) < 4.78 is 4.91. The minimum absolute atomic E-state index is 0.0571. The maximum absolute atomic E-state index is 12.6. The Labute approximate surface area is 140 Å². The summed E-state index contributed by atoms with van der Waals surface area (Å²) in [6.07, 6.45) is 8.12. The lowest BCUT2D eigenvalue weighted by Gasteiger charge is -2.32. The molecule has 0 spiro atoms. The second kappa shape index (κ2) is 11.4. The van der Waals surface area contributed by atoms with Crippen molar-refractivity contribution in [3.05, 3.63) is 0 Å². The van der Waals surface area contributed by atoms with Gasteiger partial charge in [-0.25, -0.2) is 0 Å². The highest BCUT2D eigenvalue weighted by Gasteiger charge is 2.29. The van der Waals surface area contributed by atoms with Gasteiger partial charge >= 0.3 is 5.97 Å². The maximum atomic E-state index is 12.6. The summed E-state index contributed by atoms with van der Waals surface area (Å²) in [5.41, 5.74) is 0. The predicted octanol–water partition coefficient (Wildman–Crippen LogP) is 2.76. The van der Waals surface area contributed by atoms with Crippen molar-refractivity contribution in [1.82, 2.24) is 4.90 Å². The number of amides is 1. The average molecular weight is 327 g/mol. The second-order valence-corrected chi connectivity index (χ2v) is 6.46. The van der Waals surface area contributed by atoms with E-state index in [1.165, 1.54) is 19.3 Å². The molecule has 0 radical (unpaired) electrons. The normalized spacial score (nSPS) is 21.0. The molecule has 0 aromatic rings. The van der Waals surface area contributed by atoms with Gasteiger partial charge in [0.2, 0.25) is 5.91 Å². The van der Waals surface area contributed by atoms with Crippen molar-refractivity contribution in [2.45, 2.75) is 65.2 Å². The van der Waals surface area contributed by atoms with Crippen LogP contribution in [0.3, 0.4) is 0 Å². The zero-order chi connectivity index (χ0) is 17.1. The molecule has 1 aliphatic carbocycles. The minimum Gasteiger partial charge on any atom is -0.466 e. The number of nitrogens with zero attached hydrogens (tertiary/aromatic N) is 1. The van der Waals surface area contributed by atoms with Crippen LogP contribution in [0, 0.1) is 11.8 Å². The fraction of sp³-hybridized carbons (Fsp3) is 0.889. The lowest BCUT2D eigenvalue weighted by Crippen LogP contribution is -2.40. The van der Waals surface area contributed by atoms with E-state index < -0.39 is 0 Å². The van der Waals surface area contributed by atoms with E-state index in [0.29, 0.717) is 19.7 Å². The molecule has 1 amide bonds. The van der Waals surface area contributed by atoms with Crippen LogP contribution in [-0.2, 0) is 14.3 Å². The van der Waals surface area contributed by atoms with Crippen molar-refractivity contribution in [2.75, 3.05) is 26.3 Å². The Hall–Kier alpha value is -1.10. The molecular formula is C18H33NO4. The molecule has 0 heterocycles. The van der Waals surface area contributed by atoms with Crippen LogP contribution in [0.1, 0.15) is 65.2 Å². The van der Waals surface area contributed by atoms with Crippen molar-refractivity contribution in [1.29, 1.82) is 0 Å². The standard InChI is InChI=1S/C18H33NO4/c1-3-5-6-15-7-9-16(10-8-15)18(22)19(13-14-20)12-11-17(21)23-4-2/h15-16,20H,3-14H2,1-2H3. The second-order valence-electron chi connectivity index (χ2n) is 6.46. The van der Waals surface area contributed by atoms with E-state index in [4.69, 9.17) is 4.74 Å². The van der Waals surface area contributed by atoms with Gasteiger partial charge in [0.25, 0.3) is 0 Å². The topological polar surface area (TPSA) is 66.8 Å². The molecule has 134 valence electrons. The van der Waals surface area contributed by atoms with Gasteiger partial charge in [0.15, 0.2) is 0 Å². The van der Waals surface area contributed by atoms with Crippen LogP contribution < -0.4 is 0 Å². The third-order valence-electron chi connectivity index (χ3n) is 4.73. The van der Waals surface area contributed by atoms with E-state index in [0.717, 1.165) is 31.6 Å². The molecule has 1 rings (SSSR count). The summed E-state index contributed by atoms with van der Waals surface area (Å²) in [6, 6.07) is 0. The molecule has 0 atom stereocenters. The number of carbonyl (C=O) groups excluding carboxylic acids is 2. The van der Waals surface area contributed by atoms with Gasteiger partial charge in [0, 0.05) is 19.0 Å². The first-order valence-corrected chi connectivity index (χ1v) is 9.17. The van der Waals surface area contributed by atoms with Crippen molar-refractivity contribution < 1.29 is 19.4 Å². The number of hydrogen-bond acceptors (Lipinski definition) is 4. The average Bonchev–Trinajstić information content (AvgIpc) is 2.57. The van der Waals surface area contributed by atoms with Gasteiger partial charge in [0.05, 0.1) is 19.6 Å². The number of esters is 1. The molecule has 5 heteroatoms. The van der Waals surface area contributed by atoms with E-state index in [9.17, 15) is 14.7 Å². The Morgan fingerprint density at radius 1 is 1.13 bits per heavy atom. The van der Waals surface area contributed by atoms with E-state index in [-0.39, 0.29) is 30.8 Å². The largest absolute Gasteiger partial charge is 0.466 e. The van der Waals surface area contributed by atoms with Crippen LogP contribution in [0.4, 0.5) is 0 Å². The Kier molecular flexibility index (Phi) is 9.92. The van der Waals surface area contributed by atoms with E-state index in [1.54, 1.807) is 11.8 Å². The zero-order valence-electron chi connectivity index (χ0n) is 14.8. The molecule has 1 fully saturated rings. The molecule has 0 saturated heterocycles. The third kappa shape index (κ3) is 7.34. The number of aliphatic hydroxyl groups is 1. The molecule has 0 bridgehead atoms. The van der Waals surface area contributed by atoms with Crippen LogP contribution in [0.25, 0.3) is 0 Å². The Bertz CT molecular complexity index is 351. The van der Waals surface area contributed by atoms with Crippen LogP contribution >= 0.6 is 0 Å². The number of carbonyl (C=O) groups is 2. The van der Waals surface area contributed by atoms with Crippen molar-refractivity contribution in [2.24, 2.45) is 11.8 Å². The van der Waals surface area contributed by atoms with Crippen LogP contribution in [0.2, 0.25) is 0 Å². The third-order valence-corrected chi connectivity index (χ3v) is 4.73. The lowest BCUT2D eigenvalue weighted by atomic mass is 9.79. The molecule has 1 saturated carbocycles. The van der Waals surface area contributed by atoms with Crippen LogP contribution in [0.5, 0.6) is 0 Å². The zero-order valence-corrected chi connectivity index (χ0v) is 14.8. The van der Waals surface area contributed by atoms with Crippen LogP contribution in [0.15, 0.2) is 0 Å². The lowest BCUT2D eigenvalue weighted by molar-refractivity contribution is -0.145. The molecule has 0 aromatic carbocycles. The van der Waals surface area contributed by atoms with Gasteiger partial charge in [-0.15, -0.1) is 0 Å². The van der Waals surface area contributed by atoms with Gasteiger partial charge < -0.3 is 14.7 Å². The first-order valence-electron chi connectivity index (χ1n) is 9.17. The number of unbranched alkanes of at least 4 members (excludes halogenated alkanes) is 1. The Morgan fingerprint density at radius 2 is 1.83 bits per heavy atom. The summed E-state index contributed by atoms with van der Waals surface area (Å²) in [6.45, 7) is 4.91. The van der Waals surface area contributed by atoms with Crippen molar-refractivity contribution in [3.8, 4) is 0 Å². The van der Waals surface area contributed by atoms with Gasteiger partial charge in [0.1, 0.15) is 0 Å². The Balaban J connectivity index is 2.43. The molecule has 1 N–H and O–H groups in total. The quantitative estimate of drug-likeness (QED) is 0.627. The summed E-state index contributed by atoms with van der Waals surface area (Å²) >= 11 is 0. The molecule has 0 aliphatic heterocycles. The maximum Gasteiger partial charge on any atom is 0.307 e. The highest BCUT2D eigenvalue weighted by atomic mass is 16.5. The highest BCUT2D eigenvalue weighted by molar-refractivity contribution is 5.79. The fourth-order valence-corrected chi connectivity index (χ4v) is 3.36. The monoisotopic (exact) mass is 327 g/mol. The number of hydrogen-bond donors (Lipinski definition) is 1. The summed E-state index contributed by atoms with van der Waals surface area (Å²) in [5, 5.41) is 9.18. The summed E-state index contributed by atoms with van der Waals surface area (Å²) in [4.78, 5) is 25.7. The molecular weight excluding hydrogens is 294 g/mol. The Morgan fingerprint density at radius 3 is 2.39 bits per heavy atom. The van der Waals surface area contributed by atoms with Gasteiger partial charge in [-0.1, -0.05) is 26.2 Å². The number of rotatable bonds is 10. The molecule has 5 nitrogen and oxygen atoms in total. The summed E-state index contributed by atoms with van der Waals surface area (Å²) in [5.74, 6) is 0.634. The minimum atomic E-state index is -0.286. The smallest absolute Gasteiger partial charge is 0.307 e. The van der Waals surface area contributed by atoms with Crippen molar-refractivity contribution in [3.63, 3.8) is 0 Å². The number of ether oxygens (including phenoxy) is 1. The SMILES string of the molecule is CCCCC1CCC(C(=O)N(CCO)CCC(=O)OCC)CC1. The van der Waals surface area contributed by atoms with E-state index >= 15 is 0 Å². The fourth-order valence-electron chi connectivity index (χ4n) is 3.36.